The molecule has 0 radical (unpaired) electrons. The Labute approximate surface area is 193 Å². The molecule has 1 aromatic heterocycles. The molecule has 2 aromatic rings. The molecule has 2 aliphatic carbocycles. The molecular weight excluding hydrogens is 427 g/mol. The Bertz CT molecular complexity index is 1030. The third-order valence-electron chi connectivity index (χ3n) is 7.68. The lowest BCUT2D eigenvalue weighted by Gasteiger charge is -2.37. The molecule has 1 aliphatic heterocycles. The van der Waals surface area contributed by atoms with Gasteiger partial charge in [-0.25, -0.2) is 13.2 Å². The van der Waals surface area contributed by atoms with Crippen molar-refractivity contribution in [3.63, 3.8) is 0 Å². The topological polar surface area (TPSA) is 42.4 Å². The SMILES string of the molecule is CC1OC(c2ccc(C(F)C(F)F)cc2)c2c1nc1c(c2C2CCCC2)C(O)CC(C)(C)C1. The maximum atomic E-state index is 13.8. The van der Waals surface area contributed by atoms with Gasteiger partial charge in [0.15, 0.2) is 6.17 Å². The molecule has 5 rings (SSSR count). The van der Waals surface area contributed by atoms with Gasteiger partial charge in [-0.2, -0.15) is 0 Å². The summed E-state index contributed by atoms with van der Waals surface area (Å²) < 4.78 is 45.8. The van der Waals surface area contributed by atoms with Crippen LogP contribution in [0.2, 0.25) is 0 Å². The largest absolute Gasteiger partial charge is 0.388 e. The predicted molar refractivity (Wildman–Crippen MR) is 120 cm³/mol. The van der Waals surface area contributed by atoms with Crippen molar-refractivity contribution in [2.75, 3.05) is 0 Å². The molecule has 2 heterocycles. The summed E-state index contributed by atoms with van der Waals surface area (Å²) in [6.07, 6.45) is -0.505. The van der Waals surface area contributed by atoms with Crippen molar-refractivity contribution in [3.8, 4) is 0 Å². The van der Waals surface area contributed by atoms with Gasteiger partial charge in [0.05, 0.1) is 17.9 Å². The summed E-state index contributed by atoms with van der Waals surface area (Å²) in [5.74, 6) is 0.357. The zero-order valence-corrected chi connectivity index (χ0v) is 19.5. The second-order valence-corrected chi connectivity index (χ2v) is 10.8. The Morgan fingerprint density at radius 3 is 2.33 bits per heavy atom. The molecule has 4 unspecified atom stereocenters. The quantitative estimate of drug-likeness (QED) is 0.526. The van der Waals surface area contributed by atoms with E-state index in [4.69, 9.17) is 9.72 Å². The highest BCUT2D eigenvalue weighted by atomic mass is 19.3. The van der Waals surface area contributed by atoms with Crippen molar-refractivity contribution in [3.05, 3.63) is 63.5 Å². The first-order chi connectivity index (χ1) is 15.7. The number of rotatable bonds is 4. The Morgan fingerprint density at radius 1 is 1.03 bits per heavy atom. The van der Waals surface area contributed by atoms with Crippen molar-refractivity contribution >= 4 is 0 Å². The van der Waals surface area contributed by atoms with Crippen LogP contribution < -0.4 is 0 Å². The molecule has 0 bridgehead atoms. The van der Waals surface area contributed by atoms with E-state index in [1.165, 1.54) is 30.5 Å². The first kappa shape index (κ1) is 22.9. The number of ether oxygens (including phenoxy) is 1. The molecule has 1 saturated carbocycles. The summed E-state index contributed by atoms with van der Waals surface area (Å²) in [7, 11) is 0. The van der Waals surface area contributed by atoms with E-state index in [0.29, 0.717) is 12.3 Å². The zero-order valence-electron chi connectivity index (χ0n) is 19.5. The number of aliphatic hydroxyl groups is 1. The fourth-order valence-electron chi connectivity index (χ4n) is 6.18. The number of benzene rings is 1. The number of fused-ring (bicyclic) bond motifs is 2. The zero-order chi connectivity index (χ0) is 23.5. The molecule has 1 N–H and O–H groups in total. The molecule has 4 atom stereocenters. The highest BCUT2D eigenvalue weighted by Gasteiger charge is 2.43. The summed E-state index contributed by atoms with van der Waals surface area (Å²) in [4.78, 5) is 5.05. The summed E-state index contributed by atoms with van der Waals surface area (Å²) in [6, 6.07) is 6.23. The van der Waals surface area contributed by atoms with Crippen molar-refractivity contribution in [1.29, 1.82) is 0 Å². The van der Waals surface area contributed by atoms with E-state index in [2.05, 4.69) is 13.8 Å². The molecule has 33 heavy (non-hydrogen) atoms. The average Bonchev–Trinajstić information content (AvgIpc) is 3.40. The monoisotopic (exact) mass is 459 g/mol. The van der Waals surface area contributed by atoms with Crippen LogP contribution in [-0.4, -0.2) is 16.5 Å². The fraction of sp³-hybridized carbons (Fsp3) is 0.593. The van der Waals surface area contributed by atoms with Gasteiger partial charge < -0.3 is 9.84 Å². The number of aromatic nitrogens is 1. The number of alkyl halides is 3. The van der Waals surface area contributed by atoms with Gasteiger partial charge in [0, 0.05) is 16.8 Å². The minimum absolute atomic E-state index is 0.0217. The number of nitrogens with zero attached hydrogens (tertiary/aromatic N) is 1. The molecule has 6 heteroatoms. The second-order valence-electron chi connectivity index (χ2n) is 10.8. The third kappa shape index (κ3) is 3.99. The van der Waals surface area contributed by atoms with Gasteiger partial charge in [-0.1, -0.05) is 51.0 Å². The molecule has 0 saturated heterocycles. The molecular formula is C27H32F3NO2. The molecule has 0 spiro atoms. The standard InChI is InChI=1S/C27H32F3NO2/c1-14-24-22(25(33-14)17-10-8-16(9-11-17)23(28)26(29)30)20(15-6-4-5-7-15)21-18(31-24)12-27(2,3)13-19(21)32/h8-11,14-15,19,23,25-26,32H,4-7,12-13H2,1-3H3. The minimum Gasteiger partial charge on any atom is -0.388 e. The van der Waals surface area contributed by atoms with Crippen LogP contribution in [0.4, 0.5) is 13.2 Å². The number of hydrogen-bond acceptors (Lipinski definition) is 3. The smallest absolute Gasteiger partial charge is 0.273 e. The Kier molecular flexibility index (Phi) is 5.81. The van der Waals surface area contributed by atoms with Gasteiger partial charge in [-0.3, -0.25) is 4.98 Å². The molecule has 3 nitrogen and oxygen atoms in total. The van der Waals surface area contributed by atoms with Crippen LogP contribution in [0.1, 0.15) is 122 Å². The van der Waals surface area contributed by atoms with Gasteiger partial charge in [-0.15, -0.1) is 0 Å². The van der Waals surface area contributed by atoms with Gasteiger partial charge in [-0.05, 0) is 60.6 Å². The van der Waals surface area contributed by atoms with Crippen molar-refractivity contribution < 1.29 is 23.0 Å². The van der Waals surface area contributed by atoms with E-state index in [1.807, 2.05) is 6.92 Å². The predicted octanol–water partition coefficient (Wildman–Crippen LogP) is 7.20. The molecule has 0 amide bonds. The third-order valence-corrected chi connectivity index (χ3v) is 7.68. The van der Waals surface area contributed by atoms with Gasteiger partial charge in [0.25, 0.3) is 6.43 Å². The van der Waals surface area contributed by atoms with E-state index in [-0.39, 0.29) is 17.1 Å². The van der Waals surface area contributed by atoms with Crippen LogP contribution in [0.3, 0.4) is 0 Å². The lowest BCUT2D eigenvalue weighted by molar-refractivity contribution is 0.0433. The van der Waals surface area contributed by atoms with E-state index in [9.17, 15) is 18.3 Å². The first-order valence-electron chi connectivity index (χ1n) is 12.1. The van der Waals surface area contributed by atoms with Gasteiger partial charge >= 0.3 is 0 Å². The summed E-state index contributed by atoms with van der Waals surface area (Å²) in [6.45, 7) is 6.33. The summed E-state index contributed by atoms with van der Waals surface area (Å²) in [5.41, 5.74) is 5.88. The lowest BCUT2D eigenvalue weighted by Crippen LogP contribution is -2.29. The maximum Gasteiger partial charge on any atom is 0.273 e. The fourth-order valence-corrected chi connectivity index (χ4v) is 6.18. The number of hydrogen-bond donors (Lipinski definition) is 1. The molecule has 1 aromatic carbocycles. The van der Waals surface area contributed by atoms with Crippen molar-refractivity contribution in [2.24, 2.45) is 5.41 Å². The van der Waals surface area contributed by atoms with Crippen LogP contribution in [0.15, 0.2) is 24.3 Å². The van der Waals surface area contributed by atoms with Gasteiger partial charge in [0.1, 0.15) is 6.10 Å². The van der Waals surface area contributed by atoms with Crippen LogP contribution in [-0.2, 0) is 11.2 Å². The highest BCUT2D eigenvalue weighted by Crippen LogP contribution is 2.53. The van der Waals surface area contributed by atoms with Crippen molar-refractivity contribution in [2.45, 2.75) is 96.1 Å². The first-order valence-corrected chi connectivity index (χ1v) is 12.1. The van der Waals surface area contributed by atoms with Crippen LogP contribution >= 0.6 is 0 Å². The Hall–Kier alpha value is -1.92. The van der Waals surface area contributed by atoms with E-state index >= 15 is 0 Å². The lowest BCUT2D eigenvalue weighted by atomic mass is 9.71. The van der Waals surface area contributed by atoms with E-state index in [0.717, 1.165) is 47.3 Å². The average molecular weight is 460 g/mol. The number of halogens is 3. The normalized spacial score (nSPS) is 27.6. The van der Waals surface area contributed by atoms with E-state index in [1.54, 1.807) is 12.1 Å². The number of aliphatic hydroxyl groups excluding tert-OH is 1. The number of pyridine rings is 1. The summed E-state index contributed by atoms with van der Waals surface area (Å²) >= 11 is 0. The van der Waals surface area contributed by atoms with Crippen LogP contribution in [0, 0.1) is 5.41 Å². The second kappa shape index (κ2) is 8.38. The molecule has 178 valence electrons. The Balaban J connectivity index is 1.64. The van der Waals surface area contributed by atoms with Gasteiger partial charge in [0.2, 0.25) is 0 Å². The maximum absolute atomic E-state index is 13.8. The van der Waals surface area contributed by atoms with Crippen LogP contribution in [0.25, 0.3) is 0 Å². The Morgan fingerprint density at radius 2 is 1.70 bits per heavy atom. The molecule has 1 fully saturated rings. The minimum atomic E-state index is -3.05. The van der Waals surface area contributed by atoms with Crippen molar-refractivity contribution in [1.82, 2.24) is 4.98 Å². The van der Waals surface area contributed by atoms with Crippen LogP contribution in [0.5, 0.6) is 0 Å². The highest BCUT2D eigenvalue weighted by molar-refractivity contribution is 5.52. The summed E-state index contributed by atoms with van der Waals surface area (Å²) in [5, 5.41) is 11.2. The van der Waals surface area contributed by atoms with E-state index < -0.39 is 24.8 Å². The molecule has 3 aliphatic rings.